The number of nitrogens with zero attached hydrogens (tertiary/aromatic N) is 2. The third-order valence-electron chi connectivity index (χ3n) is 3.53. The Morgan fingerprint density at radius 2 is 2.12 bits per heavy atom. The van der Waals surface area contributed by atoms with Gasteiger partial charge in [0.2, 0.25) is 0 Å². The van der Waals surface area contributed by atoms with E-state index in [-0.39, 0.29) is 12.5 Å². The molecular weight excluding hydrogens is 231 g/mol. The lowest BCUT2D eigenvalue weighted by atomic mass is 10.0. The van der Waals surface area contributed by atoms with Gasteiger partial charge >= 0.3 is 6.18 Å². The normalized spacial score (nSPS) is 28.7. The smallest absolute Gasteiger partial charge is 0.367 e. The first-order valence-electron chi connectivity index (χ1n) is 5.84. The number of fused-ring (bicyclic) bond motifs is 1. The first kappa shape index (κ1) is 10.9. The molecule has 1 aliphatic carbocycles. The molecule has 3 nitrogen and oxygen atoms in total. The predicted molar refractivity (Wildman–Crippen MR) is 56.8 cm³/mol. The number of hydrogen-bond donors (Lipinski definition) is 1. The van der Waals surface area contributed by atoms with Crippen molar-refractivity contribution in [1.82, 2.24) is 9.78 Å². The van der Waals surface area contributed by atoms with Gasteiger partial charge in [0.05, 0.1) is 5.69 Å². The Kier molecular flexibility index (Phi) is 2.18. The van der Waals surface area contributed by atoms with Gasteiger partial charge in [-0.2, -0.15) is 18.3 Å². The summed E-state index contributed by atoms with van der Waals surface area (Å²) in [6.45, 7) is 1.71. The molecule has 0 unspecified atom stereocenters. The van der Waals surface area contributed by atoms with Crippen LogP contribution in [0.15, 0.2) is 6.07 Å². The maximum atomic E-state index is 13.0. The van der Waals surface area contributed by atoms with E-state index in [0.717, 1.165) is 17.5 Å². The maximum Gasteiger partial charge on any atom is 0.410 e. The minimum absolute atomic E-state index is 0.0507. The molecule has 1 fully saturated rings. The highest BCUT2D eigenvalue weighted by atomic mass is 19.4. The number of rotatable bonds is 1. The third kappa shape index (κ3) is 1.89. The SMILES string of the molecule is Cc1cc2n(n1)[C@H](C(F)(F)F)C[C@@H](C1CC1)N2. The summed E-state index contributed by atoms with van der Waals surface area (Å²) in [6.07, 6.45) is -2.05. The van der Waals surface area contributed by atoms with E-state index in [1.807, 2.05) is 0 Å². The standard InChI is InChI=1S/C11H14F3N3/c1-6-4-10-15-8(7-2-3-7)5-9(11(12,13)14)17(10)16-6/h4,7-9,15H,2-3,5H2,1H3/t8-,9-/m0/s1. The average molecular weight is 245 g/mol. The molecule has 0 radical (unpaired) electrons. The van der Waals surface area contributed by atoms with Crippen molar-refractivity contribution in [2.45, 2.75) is 44.4 Å². The number of hydrogen-bond acceptors (Lipinski definition) is 2. The summed E-state index contributed by atoms with van der Waals surface area (Å²) in [5.74, 6) is 0.914. The molecule has 1 N–H and O–H groups in total. The highest BCUT2D eigenvalue weighted by Gasteiger charge is 2.48. The van der Waals surface area contributed by atoms with Crippen molar-refractivity contribution < 1.29 is 13.2 Å². The summed E-state index contributed by atoms with van der Waals surface area (Å²) in [7, 11) is 0. The molecule has 0 bridgehead atoms. The van der Waals surface area contributed by atoms with E-state index in [0.29, 0.717) is 17.4 Å². The molecule has 2 atom stereocenters. The van der Waals surface area contributed by atoms with Gasteiger partial charge in [0, 0.05) is 12.1 Å². The molecule has 3 rings (SSSR count). The van der Waals surface area contributed by atoms with Crippen molar-refractivity contribution in [2.75, 3.05) is 5.32 Å². The van der Waals surface area contributed by atoms with Gasteiger partial charge in [-0.25, -0.2) is 4.68 Å². The van der Waals surface area contributed by atoms with Crippen LogP contribution in [0.4, 0.5) is 19.0 Å². The van der Waals surface area contributed by atoms with Crippen LogP contribution in [0.3, 0.4) is 0 Å². The molecule has 0 amide bonds. The summed E-state index contributed by atoms with van der Waals surface area (Å²) < 4.78 is 40.1. The fourth-order valence-electron chi connectivity index (χ4n) is 2.53. The van der Waals surface area contributed by atoms with Gasteiger partial charge in [0.1, 0.15) is 5.82 Å². The van der Waals surface area contributed by atoms with Gasteiger partial charge in [-0.05, 0) is 32.1 Å². The largest absolute Gasteiger partial charge is 0.410 e. The molecule has 17 heavy (non-hydrogen) atoms. The molecule has 6 heteroatoms. The molecule has 1 aliphatic heterocycles. The zero-order chi connectivity index (χ0) is 12.2. The first-order chi connectivity index (χ1) is 7.95. The first-order valence-corrected chi connectivity index (χ1v) is 5.84. The number of nitrogens with one attached hydrogen (secondary N) is 1. The fraction of sp³-hybridized carbons (Fsp3) is 0.727. The maximum absolute atomic E-state index is 13.0. The Balaban J connectivity index is 1.96. The van der Waals surface area contributed by atoms with Gasteiger partial charge in [0.25, 0.3) is 0 Å². The van der Waals surface area contributed by atoms with Crippen molar-refractivity contribution in [3.8, 4) is 0 Å². The van der Waals surface area contributed by atoms with Crippen LogP contribution in [0, 0.1) is 12.8 Å². The predicted octanol–water partition coefficient (Wildman–Crippen LogP) is 2.89. The number of anilines is 1. The number of alkyl halides is 3. The zero-order valence-electron chi connectivity index (χ0n) is 9.46. The second-order valence-corrected chi connectivity index (χ2v) is 5.00. The van der Waals surface area contributed by atoms with E-state index in [4.69, 9.17) is 0 Å². The number of aromatic nitrogens is 2. The van der Waals surface area contributed by atoms with Crippen LogP contribution in [0.1, 0.15) is 31.0 Å². The van der Waals surface area contributed by atoms with Crippen LogP contribution in [-0.2, 0) is 0 Å². The summed E-state index contributed by atoms with van der Waals surface area (Å²) >= 11 is 0. The molecule has 0 saturated heterocycles. The van der Waals surface area contributed by atoms with Gasteiger partial charge in [-0.1, -0.05) is 0 Å². The van der Waals surface area contributed by atoms with Crippen LogP contribution in [0.5, 0.6) is 0 Å². The van der Waals surface area contributed by atoms with Crippen molar-refractivity contribution in [3.63, 3.8) is 0 Å². The second kappa shape index (κ2) is 3.40. The molecule has 0 spiro atoms. The second-order valence-electron chi connectivity index (χ2n) is 5.00. The molecule has 1 aromatic heterocycles. The van der Waals surface area contributed by atoms with Crippen molar-refractivity contribution in [3.05, 3.63) is 11.8 Å². The van der Waals surface area contributed by atoms with Crippen LogP contribution < -0.4 is 5.32 Å². The number of halogens is 3. The Bertz CT molecular complexity index is 434. The Morgan fingerprint density at radius 3 is 2.71 bits per heavy atom. The Hall–Kier alpha value is -1.20. The van der Waals surface area contributed by atoms with Gasteiger partial charge in [-0.3, -0.25) is 0 Å². The van der Waals surface area contributed by atoms with Gasteiger partial charge < -0.3 is 5.32 Å². The Morgan fingerprint density at radius 1 is 1.41 bits per heavy atom. The molecule has 2 heterocycles. The average Bonchev–Trinajstić information content (AvgIpc) is 2.97. The Labute approximate surface area is 97.0 Å². The van der Waals surface area contributed by atoms with Crippen LogP contribution >= 0.6 is 0 Å². The molecule has 1 saturated carbocycles. The summed E-state index contributed by atoms with van der Waals surface area (Å²) in [4.78, 5) is 0. The molecular formula is C11H14F3N3. The van der Waals surface area contributed by atoms with E-state index in [1.165, 1.54) is 0 Å². The van der Waals surface area contributed by atoms with Crippen LogP contribution in [0.25, 0.3) is 0 Å². The van der Waals surface area contributed by atoms with Crippen LogP contribution in [-0.4, -0.2) is 22.0 Å². The van der Waals surface area contributed by atoms with Gasteiger partial charge in [-0.15, -0.1) is 0 Å². The highest BCUT2D eigenvalue weighted by molar-refractivity contribution is 5.41. The van der Waals surface area contributed by atoms with E-state index in [9.17, 15) is 13.2 Å². The molecule has 2 aliphatic rings. The topological polar surface area (TPSA) is 29.9 Å². The van der Waals surface area contributed by atoms with E-state index >= 15 is 0 Å². The summed E-state index contributed by atoms with van der Waals surface area (Å²) in [5, 5.41) is 7.13. The fourth-order valence-corrected chi connectivity index (χ4v) is 2.53. The summed E-state index contributed by atoms with van der Waals surface area (Å²) in [5.41, 5.74) is 0.623. The lowest BCUT2D eigenvalue weighted by Crippen LogP contribution is -2.40. The molecule has 0 aromatic carbocycles. The van der Waals surface area contributed by atoms with Crippen molar-refractivity contribution in [2.24, 2.45) is 5.92 Å². The highest BCUT2D eigenvalue weighted by Crippen LogP contribution is 2.45. The van der Waals surface area contributed by atoms with E-state index in [2.05, 4.69) is 10.4 Å². The van der Waals surface area contributed by atoms with E-state index < -0.39 is 12.2 Å². The number of aryl methyl sites for hydroxylation is 1. The minimum Gasteiger partial charge on any atom is -0.367 e. The van der Waals surface area contributed by atoms with Crippen molar-refractivity contribution >= 4 is 5.82 Å². The summed E-state index contributed by atoms with van der Waals surface area (Å²) in [6, 6.07) is 0.163. The van der Waals surface area contributed by atoms with Crippen molar-refractivity contribution in [1.29, 1.82) is 0 Å². The zero-order valence-corrected chi connectivity index (χ0v) is 9.46. The third-order valence-corrected chi connectivity index (χ3v) is 3.53. The molecule has 1 aromatic rings. The lowest BCUT2D eigenvalue weighted by Gasteiger charge is -2.33. The monoisotopic (exact) mass is 245 g/mol. The van der Waals surface area contributed by atoms with Gasteiger partial charge in [0.15, 0.2) is 6.04 Å². The minimum atomic E-state index is -4.22. The lowest BCUT2D eigenvalue weighted by molar-refractivity contribution is -0.174. The quantitative estimate of drug-likeness (QED) is 0.824. The van der Waals surface area contributed by atoms with Crippen LogP contribution in [0.2, 0.25) is 0 Å². The van der Waals surface area contributed by atoms with E-state index in [1.54, 1.807) is 13.0 Å². The molecule has 94 valence electrons.